The Bertz CT molecular complexity index is 488. The first-order valence-corrected chi connectivity index (χ1v) is 7.12. The molecule has 19 heavy (non-hydrogen) atoms. The maximum atomic E-state index is 15.6. The second-order valence-corrected chi connectivity index (χ2v) is 6.17. The number of ether oxygens (including phenoxy) is 1. The summed E-state index contributed by atoms with van der Waals surface area (Å²) < 4.78 is 21.0. The molecule has 0 aromatic heterocycles. The van der Waals surface area contributed by atoms with E-state index < -0.39 is 5.67 Å². The maximum Gasteiger partial charge on any atom is 0.142 e. The van der Waals surface area contributed by atoms with E-state index in [9.17, 15) is 0 Å². The number of piperidine rings is 1. The number of rotatable bonds is 2. The van der Waals surface area contributed by atoms with Crippen LogP contribution in [-0.2, 0) is 5.67 Å². The Morgan fingerprint density at radius 1 is 1.21 bits per heavy atom. The summed E-state index contributed by atoms with van der Waals surface area (Å²) in [6.45, 7) is 4.02. The van der Waals surface area contributed by atoms with Crippen LogP contribution >= 0.6 is 0 Å². The minimum Gasteiger partial charge on any atom is -0.496 e. The van der Waals surface area contributed by atoms with Gasteiger partial charge in [0.25, 0.3) is 0 Å². The Morgan fingerprint density at radius 2 is 1.84 bits per heavy atom. The van der Waals surface area contributed by atoms with E-state index in [4.69, 9.17) is 4.74 Å². The Balaban J connectivity index is 2.06. The van der Waals surface area contributed by atoms with Gasteiger partial charge < -0.3 is 10.1 Å². The van der Waals surface area contributed by atoms with Crippen molar-refractivity contribution in [3.05, 3.63) is 28.8 Å². The normalized spacial score (nSPS) is 33.5. The molecule has 104 valence electrons. The van der Waals surface area contributed by atoms with Gasteiger partial charge in [0.15, 0.2) is 0 Å². The highest BCUT2D eigenvalue weighted by atomic mass is 19.1. The van der Waals surface area contributed by atoms with Crippen molar-refractivity contribution >= 4 is 0 Å². The van der Waals surface area contributed by atoms with Crippen LogP contribution in [0.25, 0.3) is 0 Å². The first-order chi connectivity index (χ1) is 9.01. The molecule has 1 aromatic rings. The van der Waals surface area contributed by atoms with E-state index in [0.29, 0.717) is 30.7 Å². The lowest BCUT2D eigenvalue weighted by Gasteiger charge is -2.37. The fourth-order valence-corrected chi connectivity index (χ4v) is 3.96. The van der Waals surface area contributed by atoms with Gasteiger partial charge >= 0.3 is 0 Å². The fraction of sp³-hybridized carbons (Fsp3) is 0.625. The number of benzene rings is 1. The van der Waals surface area contributed by atoms with E-state index in [0.717, 1.165) is 29.5 Å². The molecule has 2 saturated heterocycles. The summed E-state index contributed by atoms with van der Waals surface area (Å²) in [5.74, 6) is 0.710. The van der Waals surface area contributed by atoms with Crippen molar-refractivity contribution in [1.82, 2.24) is 5.32 Å². The molecular formula is C16H22FNO. The molecule has 0 saturated carbocycles. The third kappa shape index (κ3) is 2.14. The number of halogens is 1. The maximum absolute atomic E-state index is 15.6. The van der Waals surface area contributed by atoms with E-state index in [2.05, 4.69) is 11.4 Å². The lowest BCUT2D eigenvalue weighted by atomic mass is 9.80. The second kappa shape index (κ2) is 4.48. The molecule has 0 aliphatic carbocycles. The Labute approximate surface area is 114 Å². The van der Waals surface area contributed by atoms with Crippen LogP contribution in [0.4, 0.5) is 4.39 Å². The zero-order chi connectivity index (χ0) is 13.6. The molecule has 1 aromatic carbocycles. The van der Waals surface area contributed by atoms with E-state index in [-0.39, 0.29) is 0 Å². The van der Waals surface area contributed by atoms with Crippen molar-refractivity contribution in [3.63, 3.8) is 0 Å². The molecular weight excluding hydrogens is 241 g/mol. The van der Waals surface area contributed by atoms with Crippen LogP contribution in [0.5, 0.6) is 5.75 Å². The molecule has 2 fully saturated rings. The number of fused-ring (bicyclic) bond motifs is 2. The third-order valence-electron chi connectivity index (χ3n) is 4.59. The minimum atomic E-state index is -1.24. The number of nitrogens with one attached hydrogen (secondary N) is 1. The van der Waals surface area contributed by atoms with Gasteiger partial charge in [0.05, 0.1) is 7.11 Å². The Hall–Kier alpha value is -1.09. The highest BCUT2D eigenvalue weighted by Gasteiger charge is 2.47. The van der Waals surface area contributed by atoms with Crippen LogP contribution in [0.15, 0.2) is 12.1 Å². The molecule has 0 amide bonds. The van der Waals surface area contributed by atoms with Gasteiger partial charge in [-0.1, -0.05) is 6.07 Å². The van der Waals surface area contributed by atoms with Crippen LogP contribution in [-0.4, -0.2) is 19.2 Å². The summed E-state index contributed by atoms with van der Waals surface area (Å²) in [5.41, 5.74) is 1.68. The number of hydrogen-bond donors (Lipinski definition) is 1. The van der Waals surface area contributed by atoms with Crippen LogP contribution in [0.2, 0.25) is 0 Å². The number of aryl methyl sites for hydroxylation is 2. The molecule has 0 radical (unpaired) electrons. The molecule has 2 atom stereocenters. The van der Waals surface area contributed by atoms with Crippen molar-refractivity contribution in [3.8, 4) is 5.75 Å². The van der Waals surface area contributed by atoms with Crippen LogP contribution < -0.4 is 10.1 Å². The predicted molar refractivity (Wildman–Crippen MR) is 74.4 cm³/mol. The van der Waals surface area contributed by atoms with E-state index in [1.165, 1.54) is 0 Å². The average molecular weight is 263 g/mol. The quantitative estimate of drug-likeness (QED) is 0.883. The molecule has 3 rings (SSSR count). The highest BCUT2D eigenvalue weighted by molar-refractivity contribution is 5.47. The summed E-state index contributed by atoms with van der Waals surface area (Å²) in [7, 11) is 1.64. The molecule has 2 unspecified atom stereocenters. The lowest BCUT2D eigenvalue weighted by molar-refractivity contribution is 0.0836. The van der Waals surface area contributed by atoms with Crippen LogP contribution in [0, 0.1) is 13.8 Å². The standard InChI is InChI=1S/C16H22FNO/c1-10-6-11(2)15(14(7-10)19-3)16(17)8-12-4-5-13(9-16)18-12/h6-7,12-13,18H,4-5,8-9H2,1-3H3. The summed E-state index contributed by atoms with van der Waals surface area (Å²) in [5, 5.41) is 3.50. The summed E-state index contributed by atoms with van der Waals surface area (Å²) >= 11 is 0. The van der Waals surface area contributed by atoms with Gasteiger partial charge in [-0.3, -0.25) is 0 Å². The largest absolute Gasteiger partial charge is 0.496 e. The van der Waals surface area contributed by atoms with Gasteiger partial charge in [-0.15, -0.1) is 0 Å². The fourth-order valence-electron chi connectivity index (χ4n) is 3.96. The summed E-state index contributed by atoms with van der Waals surface area (Å²) in [6, 6.07) is 4.67. The van der Waals surface area contributed by atoms with E-state index >= 15 is 4.39 Å². The van der Waals surface area contributed by atoms with Crippen molar-refractivity contribution in [2.75, 3.05) is 7.11 Å². The van der Waals surface area contributed by atoms with Gasteiger partial charge in [0.1, 0.15) is 11.4 Å². The molecule has 2 aliphatic heterocycles. The van der Waals surface area contributed by atoms with Gasteiger partial charge in [-0.2, -0.15) is 0 Å². The number of methoxy groups -OCH3 is 1. The van der Waals surface area contributed by atoms with Crippen LogP contribution in [0.1, 0.15) is 42.4 Å². The zero-order valence-electron chi connectivity index (χ0n) is 11.9. The molecule has 3 heteroatoms. The van der Waals surface area contributed by atoms with Crippen molar-refractivity contribution in [2.45, 2.75) is 57.3 Å². The van der Waals surface area contributed by atoms with Crippen molar-refractivity contribution < 1.29 is 9.13 Å². The van der Waals surface area contributed by atoms with E-state index in [1.807, 2.05) is 19.9 Å². The predicted octanol–water partition coefficient (Wildman–Crippen LogP) is 3.39. The smallest absolute Gasteiger partial charge is 0.142 e. The first-order valence-electron chi connectivity index (χ1n) is 7.12. The average Bonchev–Trinajstić information content (AvgIpc) is 2.67. The molecule has 1 N–H and O–H groups in total. The van der Waals surface area contributed by atoms with Crippen LogP contribution in [0.3, 0.4) is 0 Å². The van der Waals surface area contributed by atoms with Crippen molar-refractivity contribution in [2.24, 2.45) is 0 Å². The third-order valence-corrected chi connectivity index (χ3v) is 4.59. The SMILES string of the molecule is COc1cc(C)cc(C)c1C1(F)CC2CCC(C1)N2. The summed E-state index contributed by atoms with van der Waals surface area (Å²) in [6.07, 6.45) is 3.35. The Kier molecular flexibility index (Phi) is 3.05. The topological polar surface area (TPSA) is 21.3 Å². The van der Waals surface area contributed by atoms with Gasteiger partial charge in [-0.05, 0) is 43.9 Å². The lowest BCUT2D eigenvalue weighted by Crippen LogP contribution is -2.44. The molecule has 2 bridgehead atoms. The Morgan fingerprint density at radius 3 is 2.42 bits per heavy atom. The highest BCUT2D eigenvalue weighted by Crippen LogP contribution is 2.48. The zero-order valence-corrected chi connectivity index (χ0v) is 11.9. The van der Waals surface area contributed by atoms with E-state index in [1.54, 1.807) is 7.11 Å². The first kappa shape index (κ1) is 12.9. The van der Waals surface area contributed by atoms with Gasteiger partial charge in [0.2, 0.25) is 0 Å². The molecule has 2 nitrogen and oxygen atoms in total. The minimum absolute atomic E-state index is 0.328. The number of hydrogen-bond acceptors (Lipinski definition) is 2. The van der Waals surface area contributed by atoms with Crippen molar-refractivity contribution in [1.29, 1.82) is 0 Å². The number of alkyl halides is 1. The van der Waals surface area contributed by atoms with Gasteiger partial charge in [-0.25, -0.2) is 4.39 Å². The molecule has 0 spiro atoms. The molecule has 2 heterocycles. The molecule has 2 aliphatic rings. The monoisotopic (exact) mass is 263 g/mol. The van der Waals surface area contributed by atoms with Gasteiger partial charge in [0, 0.05) is 30.5 Å². The second-order valence-electron chi connectivity index (χ2n) is 6.17. The summed E-state index contributed by atoms with van der Waals surface area (Å²) in [4.78, 5) is 0.